The second kappa shape index (κ2) is 5.49. The second-order valence-electron chi connectivity index (χ2n) is 4.57. The molecule has 0 saturated heterocycles. The van der Waals surface area contributed by atoms with Crippen LogP contribution in [0.3, 0.4) is 0 Å². The monoisotopic (exact) mass is 298 g/mol. The summed E-state index contributed by atoms with van der Waals surface area (Å²) in [4.78, 5) is 21.2. The Labute approximate surface area is 126 Å². The van der Waals surface area contributed by atoms with Gasteiger partial charge in [-0.2, -0.15) is 0 Å². The molecule has 3 rings (SSSR count). The van der Waals surface area contributed by atoms with Gasteiger partial charge in [0.05, 0.1) is 16.8 Å². The van der Waals surface area contributed by atoms with E-state index in [4.69, 9.17) is 0 Å². The van der Waals surface area contributed by atoms with Crippen molar-refractivity contribution in [2.24, 2.45) is 0 Å². The van der Waals surface area contributed by atoms with Crippen LogP contribution in [0.25, 0.3) is 10.9 Å². The Kier molecular flexibility index (Phi) is 3.53. The van der Waals surface area contributed by atoms with Crippen molar-refractivity contribution < 1.29 is 4.79 Å². The van der Waals surface area contributed by atoms with Crippen molar-refractivity contribution in [3.63, 3.8) is 0 Å². The SMILES string of the molecule is CNc1cc(C(=O)Nc2nc(C)cs2)c2ccccc2n1. The molecular weight excluding hydrogens is 284 g/mol. The highest BCUT2D eigenvalue weighted by Gasteiger charge is 2.14. The van der Waals surface area contributed by atoms with E-state index < -0.39 is 0 Å². The Morgan fingerprint density at radius 2 is 2.05 bits per heavy atom. The molecule has 0 saturated carbocycles. The van der Waals surface area contributed by atoms with E-state index in [2.05, 4.69) is 20.6 Å². The molecule has 0 aliphatic heterocycles. The van der Waals surface area contributed by atoms with Gasteiger partial charge in [-0.3, -0.25) is 10.1 Å². The third-order valence-electron chi connectivity index (χ3n) is 3.06. The summed E-state index contributed by atoms with van der Waals surface area (Å²) in [7, 11) is 1.78. The fourth-order valence-corrected chi connectivity index (χ4v) is 2.75. The van der Waals surface area contributed by atoms with Gasteiger partial charge in [0.15, 0.2) is 5.13 Å². The molecule has 106 valence electrons. The van der Waals surface area contributed by atoms with Crippen LogP contribution in [-0.2, 0) is 0 Å². The van der Waals surface area contributed by atoms with Gasteiger partial charge >= 0.3 is 0 Å². The van der Waals surface area contributed by atoms with Crippen molar-refractivity contribution >= 4 is 39.1 Å². The molecule has 1 amide bonds. The lowest BCUT2D eigenvalue weighted by Crippen LogP contribution is -2.13. The summed E-state index contributed by atoms with van der Waals surface area (Å²) in [6.45, 7) is 1.90. The first kappa shape index (κ1) is 13.5. The van der Waals surface area contributed by atoms with Crippen molar-refractivity contribution in [2.45, 2.75) is 6.92 Å². The number of amides is 1. The predicted molar refractivity (Wildman–Crippen MR) is 86.1 cm³/mol. The fraction of sp³-hybridized carbons (Fsp3) is 0.133. The molecule has 21 heavy (non-hydrogen) atoms. The van der Waals surface area contributed by atoms with E-state index in [0.717, 1.165) is 16.6 Å². The number of pyridine rings is 1. The van der Waals surface area contributed by atoms with Crippen molar-refractivity contribution in [2.75, 3.05) is 17.7 Å². The second-order valence-corrected chi connectivity index (χ2v) is 5.43. The first-order chi connectivity index (χ1) is 10.2. The van der Waals surface area contributed by atoms with Crippen LogP contribution >= 0.6 is 11.3 Å². The summed E-state index contributed by atoms with van der Waals surface area (Å²) >= 11 is 1.41. The number of carbonyl (C=O) groups excluding carboxylic acids is 1. The van der Waals surface area contributed by atoms with Gasteiger partial charge in [0, 0.05) is 17.8 Å². The Hall–Kier alpha value is -2.47. The van der Waals surface area contributed by atoms with Crippen molar-refractivity contribution in [3.05, 3.63) is 47.0 Å². The normalized spacial score (nSPS) is 10.6. The number of fused-ring (bicyclic) bond motifs is 1. The molecule has 0 atom stereocenters. The number of carbonyl (C=O) groups is 1. The minimum atomic E-state index is -0.181. The first-order valence-electron chi connectivity index (χ1n) is 6.48. The van der Waals surface area contributed by atoms with Gasteiger partial charge in [0.25, 0.3) is 5.91 Å². The van der Waals surface area contributed by atoms with Gasteiger partial charge in [-0.05, 0) is 19.1 Å². The zero-order chi connectivity index (χ0) is 14.8. The van der Waals surface area contributed by atoms with Crippen LogP contribution in [-0.4, -0.2) is 22.9 Å². The van der Waals surface area contributed by atoms with Gasteiger partial charge in [-0.25, -0.2) is 9.97 Å². The van der Waals surface area contributed by atoms with Gasteiger partial charge < -0.3 is 5.32 Å². The summed E-state index contributed by atoms with van der Waals surface area (Å²) in [5.74, 6) is 0.480. The number of hydrogen-bond acceptors (Lipinski definition) is 5. The smallest absolute Gasteiger partial charge is 0.258 e. The molecule has 0 spiro atoms. The highest BCUT2D eigenvalue weighted by Crippen LogP contribution is 2.22. The minimum Gasteiger partial charge on any atom is -0.373 e. The maximum absolute atomic E-state index is 12.5. The fourth-order valence-electron chi connectivity index (χ4n) is 2.07. The molecule has 6 heteroatoms. The molecule has 2 heterocycles. The number of aromatic nitrogens is 2. The Morgan fingerprint density at radius 1 is 1.24 bits per heavy atom. The number of para-hydroxylation sites is 1. The van der Waals surface area contributed by atoms with Crippen LogP contribution in [0.1, 0.15) is 16.1 Å². The number of rotatable bonds is 3. The van der Waals surface area contributed by atoms with E-state index >= 15 is 0 Å². The number of hydrogen-bond donors (Lipinski definition) is 2. The molecule has 0 aliphatic rings. The molecular formula is C15H14N4OS. The third kappa shape index (κ3) is 2.71. The van der Waals surface area contributed by atoms with E-state index in [9.17, 15) is 4.79 Å². The summed E-state index contributed by atoms with van der Waals surface area (Å²) in [5, 5.41) is 9.14. The van der Waals surface area contributed by atoms with Crippen LogP contribution in [0.4, 0.5) is 10.9 Å². The summed E-state index contributed by atoms with van der Waals surface area (Å²) in [6.07, 6.45) is 0. The number of benzene rings is 1. The molecule has 1 aromatic carbocycles. The molecule has 0 fully saturated rings. The molecule has 5 nitrogen and oxygen atoms in total. The van der Waals surface area contributed by atoms with Crippen LogP contribution in [0.5, 0.6) is 0 Å². The first-order valence-corrected chi connectivity index (χ1v) is 7.36. The van der Waals surface area contributed by atoms with Crippen molar-refractivity contribution in [1.29, 1.82) is 0 Å². The van der Waals surface area contributed by atoms with E-state index in [1.165, 1.54) is 11.3 Å². The van der Waals surface area contributed by atoms with Crippen LogP contribution < -0.4 is 10.6 Å². The van der Waals surface area contributed by atoms with Crippen molar-refractivity contribution in [3.8, 4) is 0 Å². The number of aryl methyl sites for hydroxylation is 1. The molecule has 2 aromatic heterocycles. The summed E-state index contributed by atoms with van der Waals surface area (Å²) in [5.41, 5.74) is 2.26. The van der Waals surface area contributed by atoms with E-state index in [1.54, 1.807) is 13.1 Å². The number of nitrogens with one attached hydrogen (secondary N) is 2. The average Bonchev–Trinajstić information content (AvgIpc) is 2.91. The third-order valence-corrected chi connectivity index (χ3v) is 3.93. The van der Waals surface area contributed by atoms with Crippen LogP contribution in [0.2, 0.25) is 0 Å². The summed E-state index contributed by atoms with van der Waals surface area (Å²) < 4.78 is 0. The molecule has 0 unspecified atom stereocenters. The van der Waals surface area contributed by atoms with E-state index in [-0.39, 0.29) is 5.91 Å². The van der Waals surface area contributed by atoms with Crippen LogP contribution in [0.15, 0.2) is 35.7 Å². The Bertz CT molecular complexity index is 812. The van der Waals surface area contributed by atoms with E-state index in [1.807, 2.05) is 36.6 Å². The lowest BCUT2D eigenvalue weighted by Gasteiger charge is -2.08. The molecule has 3 aromatic rings. The quantitative estimate of drug-likeness (QED) is 0.778. The van der Waals surface area contributed by atoms with Gasteiger partial charge in [0.2, 0.25) is 0 Å². The van der Waals surface area contributed by atoms with Gasteiger partial charge in [0.1, 0.15) is 5.82 Å². The lowest BCUT2D eigenvalue weighted by molar-refractivity contribution is 0.102. The number of nitrogens with zero attached hydrogens (tertiary/aromatic N) is 2. The minimum absolute atomic E-state index is 0.181. The largest absolute Gasteiger partial charge is 0.373 e. The lowest BCUT2D eigenvalue weighted by atomic mass is 10.1. The van der Waals surface area contributed by atoms with Crippen LogP contribution in [0, 0.1) is 6.92 Å². The maximum Gasteiger partial charge on any atom is 0.258 e. The van der Waals surface area contributed by atoms with Gasteiger partial charge in [-0.15, -0.1) is 11.3 Å². The average molecular weight is 298 g/mol. The zero-order valence-electron chi connectivity index (χ0n) is 11.7. The Balaban J connectivity index is 2.03. The number of thiazole rings is 1. The molecule has 0 aliphatic carbocycles. The molecule has 0 bridgehead atoms. The highest BCUT2D eigenvalue weighted by molar-refractivity contribution is 7.13. The topological polar surface area (TPSA) is 66.9 Å². The van der Waals surface area contributed by atoms with Crippen molar-refractivity contribution in [1.82, 2.24) is 9.97 Å². The highest BCUT2D eigenvalue weighted by atomic mass is 32.1. The molecule has 0 radical (unpaired) electrons. The predicted octanol–water partition coefficient (Wildman–Crippen LogP) is 3.29. The summed E-state index contributed by atoms with van der Waals surface area (Å²) in [6, 6.07) is 9.33. The van der Waals surface area contributed by atoms with Gasteiger partial charge in [-0.1, -0.05) is 18.2 Å². The number of anilines is 2. The maximum atomic E-state index is 12.5. The standard InChI is InChI=1S/C15H14N4OS/c1-9-8-21-15(17-9)19-14(20)11-7-13(16-2)18-12-6-4-3-5-10(11)12/h3-8H,1-2H3,(H,16,18)(H,17,19,20). The zero-order valence-corrected chi connectivity index (χ0v) is 12.5. The van der Waals surface area contributed by atoms with E-state index in [0.29, 0.717) is 16.5 Å². The Morgan fingerprint density at radius 3 is 2.76 bits per heavy atom. The molecule has 2 N–H and O–H groups in total.